The highest BCUT2D eigenvalue weighted by Crippen LogP contribution is 2.41. The molecule has 2 amide bonds. The van der Waals surface area contributed by atoms with Crippen molar-refractivity contribution < 1.29 is 9.59 Å². The van der Waals surface area contributed by atoms with Gasteiger partial charge in [-0.3, -0.25) is 14.4 Å². The van der Waals surface area contributed by atoms with Gasteiger partial charge in [-0.15, -0.1) is 0 Å². The maximum atomic E-state index is 12.9. The van der Waals surface area contributed by atoms with Gasteiger partial charge in [-0.1, -0.05) is 48.0 Å². The third kappa shape index (κ3) is 3.95. The number of hydrogen-bond acceptors (Lipinski definition) is 4. The van der Waals surface area contributed by atoms with Gasteiger partial charge in [0, 0.05) is 43.4 Å². The van der Waals surface area contributed by atoms with Gasteiger partial charge in [-0.25, -0.2) is 0 Å². The van der Waals surface area contributed by atoms with Crippen molar-refractivity contribution in [2.75, 3.05) is 13.1 Å². The van der Waals surface area contributed by atoms with Crippen molar-refractivity contribution in [2.45, 2.75) is 38.3 Å². The first-order valence-corrected chi connectivity index (χ1v) is 11.3. The first-order chi connectivity index (χ1) is 15.9. The van der Waals surface area contributed by atoms with Crippen LogP contribution >= 0.6 is 0 Å². The summed E-state index contributed by atoms with van der Waals surface area (Å²) in [5.74, 6) is 0.267. The molecule has 1 fully saturated rings. The summed E-state index contributed by atoms with van der Waals surface area (Å²) in [6, 6.07) is 17.1. The van der Waals surface area contributed by atoms with Crippen LogP contribution in [0.1, 0.15) is 50.5 Å². The predicted octanol–water partition coefficient (Wildman–Crippen LogP) is 2.67. The van der Waals surface area contributed by atoms with Crippen molar-refractivity contribution in [3.8, 4) is 0 Å². The highest BCUT2D eigenvalue weighted by atomic mass is 16.2. The number of amides is 2. The lowest BCUT2D eigenvalue weighted by molar-refractivity contribution is 0.0783. The normalized spacial score (nSPS) is 19.0. The highest BCUT2D eigenvalue weighted by molar-refractivity contribution is 5.94. The molecule has 3 aromatic rings. The molecule has 2 aliphatic rings. The number of carbonyl (C=O) groups is 2. The second-order valence-electron chi connectivity index (χ2n) is 9.02. The second kappa shape index (κ2) is 8.31. The van der Waals surface area contributed by atoms with E-state index >= 15 is 0 Å². The van der Waals surface area contributed by atoms with Crippen LogP contribution in [0, 0.1) is 6.92 Å². The van der Waals surface area contributed by atoms with Crippen LogP contribution in [-0.4, -0.2) is 39.4 Å². The molecule has 168 valence electrons. The Balaban J connectivity index is 1.33. The molecule has 0 aliphatic carbocycles. The molecule has 0 saturated carbocycles. The van der Waals surface area contributed by atoms with Crippen molar-refractivity contribution in [3.63, 3.8) is 0 Å². The smallest absolute Gasteiger partial charge is 0.285 e. The third-order valence-electron chi connectivity index (χ3n) is 6.78. The lowest BCUT2D eigenvalue weighted by Gasteiger charge is -2.23. The van der Waals surface area contributed by atoms with E-state index in [9.17, 15) is 14.4 Å². The molecule has 1 atom stereocenters. The summed E-state index contributed by atoms with van der Waals surface area (Å²) in [7, 11) is 0. The number of aromatic nitrogens is 2. The fourth-order valence-electron chi connectivity index (χ4n) is 4.87. The van der Waals surface area contributed by atoms with Crippen LogP contribution in [0.15, 0.2) is 65.6 Å². The Hall–Kier alpha value is -3.74. The van der Waals surface area contributed by atoms with E-state index in [0.29, 0.717) is 37.6 Å². The molecule has 0 bridgehead atoms. The summed E-state index contributed by atoms with van der Waals surface area (Å²) in [5, 5.41) is 2.82. The van der Waals surface area contributed by atoms with E-state index in [-0.39, 0.29) is 16.9 Å². The van der Waals surface area contributed by atoms with Gasteiger partial charge in [0.2, 0.25) is 0 Å². The summed E-state index contributed by atoms with van der Waals surface area (Å²) in [4.78, 5) is 44.6. The Morgan fingerprint density at radius 3 is 2.52 bits per heavy atom. The van der Waals surface area contributed by atoms with Crippen LogP contribution in [-0.2, 0) is 18.5 Å². The number of nitrogens with zero attached hydrogens (tertiary/aromatic N) is 3. The number of hydrogen-bond donors (Lipinski definition) is 1. The van der Waals surface area contributed by atoms with Crippen LogP contribution < -0.4 is 10.9 Å². The Morgan fingerprint density at radius 1 is 1.03 bits per heavy atom. The lowest BCUT2D eigenvalue weighted by atomic mass is 9.85. The van der Waals surface area contributed by atoms with Crippen molar-refractivity contribution in [2.24, 2.45) is 0 Å². The number of fused-ring (bicyclic) bond motifs is 2. The summed E-state index contributed by atoms with van der Waals surface area (Å²) >= 11 is 0. The van der Waals surface area contributed by atoms with E-state index < -0.39 is 11.5 Å². The maximum absolute atomic E-state index is 12.9. The number of benzene rings is 2. The van der Waals surface area contributed by atoms with Gasteiger partial charge >= 0.3 is 0 Å². The van der Waals surface area contributed by atoms with E-state index in [4.69, 9.17) is 0 Å². The zero-order valence-corrected chi connectivity index (χ0v) is 18.6. The molecular formula is C26H26N4O3. The molecule has 0 unspecified atom stereocenters. The topological polar surface area (TPSA) is 84.3 Å². The minimum Gasteiger partial charge on any atom is -0.348 e. The number of nitrogens with one attached hydrogen (secondary N) is 1. The summed E-state index contributed by atoms with van der Waals surface area (Å²) in [6.07, 6.45) is 3.19. The number of carbonyl (C=O) groups excluding carboxylic acids is 2. The third-order valence-corrected chi connectivity index (χ3v) is 6.78. The summed E-state index contributed by atoms with van der Waals surface area (Å²) in [5.41, 5.74) is 1.99. The average Bonchev–Trinajstić information content (AvgIpc) is 3.42. The fourth-order valence-corrected chi connectivity index (χ4v) is 4.87. The monoisotopic (exact) mass is 442 g/mol. The molecule has 7 heteroatoms. The standard InChI is InChI=1S/C26H26N4O3/c1-18-7-9-19(10-8-18)15-27-22(31)21-16-29-13-11-26(25(29)28-23(21)32)12-14-30(17-26)24(33)20-5-3-2-4-6-20/h2-10,16H,11-15,17H2,1H3,(H,27,31)/t26-/m1/s1. The number of likely N-dealkylation sites (tertiary alicyclic amines) is 1. The van der Waals surface area contributed by atoms with E-state index in [2.05, 4.69) is 10.3 Å². The molecule has 1 N–H and O–H groups in total. The Labute approximate surface area is 192 Å². The van der Waals surface area contributed by atoms with Crippen molar-refractivity contribution in [1.29, 1.82) is 0 Å². The Morgan fingerprint density at radius 2 is 1.76 bits per heavy atom. The minimum atomic E-state index is -0.517. The molecule has 33 heavy (non-hydrogen) atoms. The first-order valence-electron chi connectivity index (χ1n) is 11.3. The van der Waals surface area contributed by atoms with Crippen molar-refractivity contribution in [1.82, 2.24) is 19.8 Å². The highest BCUT2D eigenvalue weighted by Gasteiger charge is 2.47. The molecule has 1 aromatic heterocycles. The Kier molecular flexibility index (Phi) is 5.32. The molecule has 3 heterocycles. The van der Waals surface area contributed by atoms with Crippen LogP contribution in [0.5, 0.6) is 0 Å². The van der Waals surface area contributed by atoms with Gasteiger partial charge in [0.15, 0.2) is 0 Å². The van der Waals surface area contributed by atoms with Crippen LogP contribution in [0.2, 0.25) is 0 Å². The van der Waals surface area contributed by atoms with Gasteiger partial charge in [0.1, 0.15) is 11.4 Å². The van der Waals surface area contributed by atoms with E-state index in [1.54, 1.807) is 6.20 Å². The SMILES string of the molecule is Cc1ccc(CNC(=O)c2cn3c(nc2=O)[C@@]2(CCN(C(=O)c4ccccc4)C2)CC3)cc1. The molecule has 0 radical (unpaired) electrons. The summed E-state index contributed by atoms with van der Waals surface area (Å²) < 4.78 is 1.92. The summed E-state index contributed by atoms with van der Waals surface area (Å²) in [6.45, 7) is 4.19. The van der Waals surface area contributed by atoms with Gasteiger partial charge in [0.05, 0.1) is 0 Å². The van der Waals surface area contributed by atoms with Gasteiger partial charge in [-0.05, 0) is 37.5 Å². The average molecular weight is 443 g/mol. The minimum absolute atomic E-state index is 0.000348. The van der Waals surface area contributed by atoms with Gasteiger partial charge in [-0.2, -0.15) is 4.98 Å². The van der Waals surface area contributed by atoms with Crippen LogP contribution in [0.25, 0.3) is 0 Å². The van der Waals surface area contributed by atoms with Crippen LogP contribution in [0.4, 0.5) is 0 Å². The van der Waals surface area contributed by atoms with Gasteiger partial charge in [0.25, 0.3) is 17.4 Å². The predicted molar refractivity (Wildman–Crippen MR) is 124 cm³/mol. The molecule has 1 saturated heterocycles. The number of aryl methyl sites for hydroxylation is 2. The van der Waals surface area contributed by atoms with Crippen molar-refractivity contribution in [3.05, 3.63) is 99.2 Å². The van der Waals surface area contributed by atoms with Crippen molar-refractivity contribution >= 4 is 11.8 Å². The molecule has 2 aliphatic heterocycles. The van der Waals surface area contributed by atoms with Gasteiger partial charge < -0.3 is 14.8 Å². The molecular weight excluding hydrogens is 416 g/mol. The Bertz CT molecular complexity index is 1270. The molecule has 1 spiro atoms. The lowest BCUT2D eigenvalue weighted by Crippen LogP contribution is -2.36. The quantitative estimate of drug-likeness (QED) is 0.673. The van der Waals surface area contributed by atoms with E-state index in [0.717, 1.165) is 24.0 Å². The molecule has 5 rings (SSSR count). The fraction of sp³-hybridized carbons (Fsp3) is 0.308. The van der Waals surface area contributed by atoms with E-state index in [1.807, 2.05) is 71.0 Å². The zero-order chi connectivity index (χ0) is 23.0. The maximum Gasteiger partial charge on any atom is 0.285 e. The number of rotatable bonds is 4. The van der Waals surface area contributed by atoms with Crippen LogP contribution in [0.3, 0.4) is 0 Å². The first kappa shape index (κ1) is 21.1. The largest absolute Gasteiger partial charge is 0.348 e. The second-order valence-corrected chi connectivity index (χ2v) is 9.02. The molecule has 7 nitrogen and oxygen atoms in total. The zero-order valence-electron chi connectivity index (χ0n) is 18.6. The van der Waals surface area contributed by atoms with E-state index in [1.165, 1.54) is 0 Å². The molecule has 2 aromatic carbocycles.